The van der Waals surface area contributed by atoms with Crippen molar-refractivity contribution < 1.29 is 18.0 Å². The van der Waals surface area contributed by atoms with E-state index in [0.717, 1.165) is 29.8 Å². The van der Waals surface area contributed by atoms with Crippen molar-refractivity contribution in [3.8, 4) is 0 Å². The van der Waals surface area contributed by atoms with Gasteiger partial charge in [-0.2, -0.15) is 0 Å². The summed E-state index contributed by atoms with van der Waals surface area (Å²) in [5.41, 5.74) is 2.33. The van der Waals surface area contributed by atoms with Crippen molar-refractivity contribution >= 4 is 23.0 Å². The maximum absolute atomic E-state index is 13.8. The molecule has 0 radical (unpaired) electrons. The molecule has 1 unspecified atom stereocenters. The van der Waals surface area contributed by atoms with E-state index in [9.17, 15) is 18.0 Å². The summed E-state index contributed by atoms with van der Waals surface area (Å²) in [6.07, 6.45) is 2.12. The predicted octanol–water partition coefficient (Wildman–Crippen LogP) is 4.83. The average molecular weight is 383 g/mol. The monoisotopic (exact) mass is 383 g/mol. The lowest BCUT2D eigenvalue weighted by atomic mass is 10.1. The van der Waals surface area contributed by atoms with Gasteiger partial charge in [0, 0.05) is 11.7 Å². The van der Waals surface area contributed by atoms with Gasteiger partial charge in [0.25, 0.3) is 5.91 Å². The van der Waals surface area contributed by atoms with Crippen molar-refractivity contribution in [2.75, 3.05) is 10.2 Å². The van der Waals surface area contributed by atoms with Crippen LogP contribution in [0.25, 0.3) is 0 Å². The average Bonchev–Trinajstić information content (AvgIpc) is 3.04. The second kappa shape index (κ2) is 6.99. The number of fused-ring (bicyclic) bond motifs is 1. The number of para-hydroxylation sites is 1. The normalized spacial score (nSPS) is 15.4. The number of nitrogens with zero attached hydrogens (tertiary/aromatic N) is 2. The van der Waals surface area contributed by atoms with Crippen LogP contribution in [0.4, 0.5) is 30.2 Å². The molecule has 1 amide bonds. The molecule has 4 rings (SSSR count). The number of pyridine rings is 1. The quantitative estimate of drug-likeness (QED) is 0.659. The molecule has 1 aliphatic rings. The molecule has 1 atom stereocenters. The zero-order valence-corrected chi connectivity index (χ0v) is 14.9. The van der Waals surface area contributed by atoms with Crippen LogP contribution >= 0.6 is 0 Å². The molecule has 142 valence electrons. The minimum Gasteiger partial charge on any atom is -0.352 e. The largest absolute Gasteiger partial charge is 0.352 e. The Morgan fingerprint density at radius 2 is 1.86 bits per heavy atom. The molecule has 3 aromatic rings. The van der Waals surface area contributed by atoms with Crippen molar-refractivity contribution in [3.63, 3.8) is 0 Å². The van der Waals surface area contributed by atoms with Crippen molar-refractivity contribution in [3.05, 3.63) is 83.4 Å². The fraction of sp³-hybridized carbons (Fsp3) is 0.143. The minimum absolute atomic E-state index is 0.0146. The molecule has 0 fully saturated rings. The number of carbonyl (C=O) groups is 1. The molecule has 0 saturated heterocycles. The molecule has 1 aliphatic heterocycles. The Kier molecular flexibility index (Phi) is 4.50. The zero-order valence-electron chi connectivity index (χ0n) is 14.9. The van der Waals surface area contributed by atoms with E-state index in [1.54, 1.807) is 4.90 Å². The first kappa shape index (κ1) is 18.0. The number of hydrogen-bond acceptors (Lipinski definition) is 3. The SMILES string of the molecule is CC1Cc2ccccc2N1C(=O)c1ccc(Nc2ccc(F)c(F)c2F)cn1. The summed E-state index contributed by atoms with van der Waals surface area (Å²) in [4.78, 5) is 18.8. The summed E-state index contributed by atoms with van der Waals surface area (Å²) in [6, 6.07) is 12.7. The van der Waals surface area contributed by atoms with Crippen molar-refractivity contribution in [2.45, 2.75) is 19.4 Å². The first-order valence-corrected chi connectivity index (χ1v) is 8.73. The van der Waals surface area contributed by atoms with Gasteiger partial charge in [-0.15, -0.1) is 0 Å². The second-order valence-corrected chi connectivity index (χ2v) is 6.64. The lowest BCUT2D eigenvalue weighted by Gasteiger charge is -2.22. The number of rotatable bonds is 3. The first-order valence-electron chi connectivity index (χ1n) is 8.73. The molecule has 2 heterocycles. The van der Waals surface area contributed by atoms with Gasteiger partial charge in [-0.1, -0.05) is 18.2 Å². The van der Waals surface area contributed by atoms with Crippen LogP contribution in [0.3, 0.4) is 0 Å². The third-order valence-corrected chi connectivity index (χ3v) is 4.72. The minimum atomic E-state index is -1.55. The molecule has 0 aliphatic carbocycles. The van der Waals surface area contributed by atoms with Crippen LogP contribution in [0.15, 0.2) is 54.7 Å². The third kappa shape index (κ3) is 3.09. The lowest BCUT2D eigenvalue weighted by molar-refractivity contribution is 0.0976. The van der Waals surface area contributed by atoms with Gasteiger partial charge in [-0.25, -0.2) is 18.2 Å². The highest BCUT2D eigenvalue weighted by atomic mass is 19.2. The van der Waals surface area contributed by atoms with Gasteiger partial charge in [0.1, 0.15) is 5.69 Å². The molecule has 4 nitrogen and oxygen atoms in total. The maximum atomic E-state index is 13.8. The van der Waals surface area contributed by atoms with Crippen molar-refractivity contribution in [1.29, 1.82) is 0 Å². The van der Waals surface area contributed by atoms with E-state index in [2.05, 4.69) is 10.3 Å². The Bertz CT molecular complexity index is 1050. The molecular formula is C21H16F3N3O. The smallest absolute Gasteiger partial charge is 0.277 e. The molecule has 2 aromatic carbocycles. The van der Waals surface area contributed by atoms with Crippen molar-refractivity contribution in [1.82, 2.24) is 4.98 Å². The van der Waals surface area contributed by atoms with Crippen LogP contribution in [0.1, 0.15) is 23.0 Å². The van der Waals surface area contributed by atoms with E-state index >= 15 is 0 Å². The Morgan fingerprint density at radius 3 is 2.61 bits per heavy atom. The van der Waals surface area contributed by atoms with Crippen LogP contribution in [0.5, 0.6) is 0 Å². The highest BCUT2D eigenvalue weighted by molar-refractivity contribution is 6.06. The van der Waals surface area contributed by atoms with Gasteiger partial charge >= 0.3 is 0 Å². The first-order chi connectivity index (χ1) is 13.5. The predicted molar refractivity (Wildman–Crippen MR) is 100 cm³/mol. The van der Waals surface area contributed by atoms with Gasteiger partial charge in [0.05, 0.1) is 17.6 Å². The van der Waals surface area contributed by atoms with E-state index in [1.807, 2.05) is 31.2 Å². The number of nitrogens with one attached hydrogen (secondary N) is 1. The Labute approximate surface area is 159 Å². The fourth-order valence-corrected chi connectivity index (χ4v) is 3.37. The second-order valence-electron chi connectivity index (χ2n) is 6.64. The van der Waals surface area contributed by atoms with Crippen LogP contribution in [0, 0.1) is 17.5 Å². The van der Waals surface area contributed by atoms with Gasteiger partial charge in [-0.3, -0.25) is 4.79 Å². The summed E-state index contributed by atoms with van der Waals surface area (Å²) in [5, 5.41) is 2.63. The molecule has 0 spiro atoms. The highest BCUT2D eigenvalue weighted by Gasteiger charge is 2.31. The number of amides is 1. The Hall–Kier alpha value is -3.35. The summed E-state index contributed by atoms with van der Waals surface area (Å²) in [5.74, 6) is -4.36. The summed E-state index contributed by atoms with van der Waals surface area (Å²) < 4.78 is 40.2. The molecular weight excluding hydrogens is 367 g/mol. The van der Waals surface area contributed by atoms with Crippen LogP contribution in [0.2, 0.25) is 0 Å². The maximum Gasteiger partial charge on any atom is 0.277 e. The van der Waals surface area contributed by atoms with E-state index in [0.29, 0.717) is 5.69 Å². The third-order valence-electron chi connectivity index (χ3n) is 4.72. The Morgan fingerprint density at radius 1 is 1.07 bits per heavy atom. The topological polar surface area (TPSA) is 45.2 Å². The van der Waals surface area contributed by atoms with E-state index in [1.165, 1.54) is 18.3 Å². The van der Waals surface area contributed by atoms with Crippen LogP contribution in [-0.4, -0.2) is 16.9 Å². The number of hydrogen-bond donors (Lipinski definition) is 1. The van der Waals surface area contributed by atoms with E-state index < -0.39 is 17.5 Å². The summed E-state index contributed by atoms with van der Waals surface area (Å²) in [7, 11) is 0. The van der Waals surface area contributed by atoms with Gasteiger partial charge in [-0.05, 0) is 49.2 Å². The van der Waals surface area contributed by atoms with Crippen LogP contribution < -0.4 is 10.2 Å². The number of aromatic nitrogens is 1. The number of halogens is 3. The molecule has 0 bridgehead atoms. The number of carbonyl (C=O) groups excluding carboxylic acids is 1. The molecule has 1 aromatic heterocycles. The molecule has 1 N–H and O–H groups in total. The van der Waals surface area contributed by atoms with Gasteiger partial charge in [0.15, 0.2) is 17.5 Å². The molecule has 28 heavy (non-hydrogen) atoms. The molecule has 0 saturated carbocycles. The van der Waals surface area contributed by atoms with E-state index in [4.69, 9.17) is 0 Å². The summed E-state index contributed by atoms with van der Waals surface area (Å²) >= 11 is 0. The van der Waals surface area contributed by atoms with Gasteiger partial charge in [0.2, 0.25) is 0 Å². The van der Waals surface area contributed by atoms with E-state index in [-0.39, 0.29) is 23.3 Å². The number of anilines is 3. The highest BCUT2D eigenvalue weighted by Crippen LogP contribution is 2.33. The van der Waals surface area contributed by atoms with Crippen LogP contribution in [-0.2, 0) is 6.42 Å². The number of benzene rings is 2. The zero-order chi connectivity index (χ0) is 19.8. The standard InChI is InChI=1S/C21H16F3N3O/c1-12-10-13-4-2-3-5-18(13)27(12)21(28)17-8-6-14(11-25-17)26-16-9-7-15(22)19(23)20(16)24/h2-9,11-12,26H,10H2,1H3. The summed E-state index contributed by atoms with van der Waals surface area (Å²) in [6.45, 7) is 1.97. The van der Waals surface area contributed by atoms with Crippen molar-refractivity contribution in [2.24, 2.45) is 0 Å². The van der Waals surface area contributed by atoms with Gasteiger partial charge < -0.3 is 10.2 Å². The Balaban J connectivity index is 1.56. The molecule has 7 heteroatoms. The fourth-order valence-electron chi connectivity index (χ4n) is 3.37. The lowest BCUT2D eigenvalue weighted by Crippen LogP contribution is -2.36.